The van der Waals surface area contributed by atoms with E-state index in [4.69, 9.17) is 16.3 Å². The summed E-state index contributed by atoms with van der Waals surface area (Å²) in [5, 5.41) is 7.86. The molecule has 1 aromatic heterocycles. The van der Waals surface area contributed by atoms with Gasteiger partial charge in [0.15, 0.2) is 0 Å². The fourth-order valence-electron chi connectivity index (χ4n) is 3.37. The molecule has 1 amide bonds. The van der Waals surface area contributed by atoms with Gasteiger partial charge in [0, 0.05) is 10.6 Å². The summed E-state index contributed by atoms with van der Waals surface area (Å²) in [5.74, 6) is 0.464. The van der Waals surface area contributed by atoms with Gasteiger partial charge in [-0.2, -0.15) is 5.10 Å². The van der Waals surface area contributed by atoms with Crippen molar-refractivity contribution in [3.63, 3.8) is 0 Å². The molecule has 160 valence electrons. The molecule has 0 aliphatic heterocycles. The van der Waals surface area contributed by atoms with E-state index in [2.05, 4.69) is 10.4 Å². The van der Waals surface area contributed by atoms with Gasteiger partial charge in [0.25, 0.3) is 5.91 Å². The first kappa shape index (κ1) is 21.3. The van der Waals surface area contributed by atoms with E-state index in [1.807, 2.05) is 6.07 Å². The molecule has 4 rings (SSSR count). The summed E-state index contributed by atoms with van der Waals surface area (Å²) in [7, 11) is 1.55. The number of carbonyl (C=O) groups excluding carboxylic acids is 1. The average molecular weight is 446 g/mol. The highest BCUT2D eigenvalue weighted by atomic mass is 35.5. The highest BCUT2D eigenvalue weighted by Gasteiger charge is 2.21. The number of aromatic nitrogens is 2. The number of carbonyl (C=O) groups is 1. The van der Waals surface area contributed by atoms with Gasteiger partial charge in [-0.15, -0.1) is 0 Å². The molecular formula is C25H20ClN3O3. The van der Waals surface area contributed by atoms with Crippen molar-refractivity contribution in [3.8, 4) is 22.6 Å². The first-order valence-corrected chi connectivity index (χ1v) is 10.3. The smallest absolute Gasteiger partial charge is 0.256 e. The lowest BCUT2D eigenvalue weighted by Gasteiger charge is -2.19. The van der Waals surface area contributed by atoms with Gasteiger partial charge in [0.05, 0.1) is 18.4 Å². The van der Waals surface area contributed by atoms with Gasteiger partial charge in [0.1, 0.15) is 17.3 Å². The molecule has 0 saturated carbocycles. The van der Waals surface area contributed by atoms with E-state index in [9.17, 15) is 9.59 Å². The molecule has 7 heteroatoms. The Morgan fingerprint density at radius 1 is 1.00 bits per heavy atom. The molecule has 0 aliphatic rings. The van der Waals surface area contributed by atoms with Crippen molar-refractivity contribution < 1.29 is 9.53 Å². The minimum absolute atomic E-state index is 0.241. The number of methoxy groups -OCH3 is 1. The third-order valence-electron chi connectivity index (χ3n) is 4.93. The Hall–Kier alpha value is -3.90. The van der Waals surface area contributed by atoms with Crippen LogP contribution in [0.25, 0.3) is 16.8 Å². The molecule has 0 atom stereocenters. The van der Waals surface area contributed by atoms with E-state index in [0.29, 0.717) is 33.1 Å². The molecule has 32 heavy (non-hydrogen) atoms. The number of rotatable bonds is 5. The molecule has 0 saturated heterocycles. The normalized spacial score (nSPS) is 10.6. The van der Waals surface area contributed by atoms with E-state index in [1.165, 1.54) is 4.68 Å². The van der Waals surface area contributed by atoms with Gasteiger partial charge in [-0.1, -0.05) is 48.0 Å². The summed E-state index contributed by atoms with van der Waals surface area (Å²) in [6, 6.07) is 22.9. The predicted molar refractivity (Wildman–Crippen MR) is 126 cm³/mol. The van der Waals surface area contributed by atoms with Crippen LogP contribution >= 0.6 is 11.6 Å². The van der Waals surface area contributed by atoms with Crippen molar-refractivity contribution in [3.05, 3.63) is 105 Å². The molecule has 0 radical (unpaired) electrons. The molecule has 4 aromatic rings. The minimum atomic E-state index is -0.365. The Morgan fingerprint density at radius 2 is 1.75 bits per heavy atom. The molecule has 0 aliphatic carbocycles. The Bertz CT molecular complexity index is 1350. The maximum Gasteiger partial charge on any atom is 0.256 e. The van der Waals surface area contributed by atoms with Crippen molar-refractivity contribution in [2.75, 3.05) is 12.4 Å². The monoisotopic (exact) mass is 445 g/mol. The second-order valence-corrected chi connectivity index (χ2v) is 7.52. The van der Waals surface area contributed by atoms with Crippen LogP contribution < -0.4 is 15.5 Å². The van der Waals surface area contributed by atoms with E-state index >= 15 is 0 Å². The number of anilines is 1. The van der Waals surface area contributed by atoms with Gasteiger partial charge < -0.3 is 10.1 Å². The lowest BCUT2D eigenvalue weighted by atomic mass is 10.0. The minimum Gasteiger partial charge on any atom is -0.497 e. The number of nitrogens with one attached hydrogen (secondary N) is 1. The van der Waals surface area contributed by atoms with Crippen molar-refractivity contribution in [1.82, 2.24) is 9.78 Å². The van der Waals surface area contributed by atoms with Crippen LogP contribution in [0.5, 0.6) is 5.75 Å². The summed E-state index contributed by atoms with van der Waals surface area (Å²) in [4.78, 5) is 26.3. The molecule has 1 heterocycles. The molecule has 1 N–H and O–H groups in total. The van der Waals surface area contributed by atoms with Gasteiger partial charge >= 0.3 is 0 Å². The maximum absolute atomic E-state index is 13.3. The van der Waals surface area contributed by atoms with Crippen LogP contribution in [0, 0.1) is 6.92 Å². The molecule has 0 spiro atoms. The van der Waals surface area contributed by atoms with E-state index in [-0.39, 0.29) is 22.8 Å². The zero-order valence-electron chi connectivity index (χ0n) is 17.5. The van der Waals surface area contributed by atoms with E-state index in [0.717, 1.165) is 0 Å². The van der Waals surface area contributed by atoms with Crippen molar-refractivity contribution >= 4 is 23.3 Å². The summed E-state index contributed by atoms with van der Waals surface area (Å²) in [6.45, 7) is 1.63. The number of halogens is 1. The Balaban J connectivity index is 1.99. The lowest BCUT2D eigenvalue weighted by molar-refractivity contribution is 0.102. The van der Waals surface area contributed by atoms with Crippen LogP contribution in [0.1, 0.15) is 16.1 Å². The average Bonchev–Trinajstić information content (AvgIpc) is 2.82. The van der Waals surface area contributed by atoms with Crippen LogP contribution in [-0.4, -0.2) is 22.8 Å². The van der Waals surface area contributed by atoms with Gasteiger partial charge in [-0.3, -0.25) is 9.59 Å². The van der Waals surface area contributed by atoms with Crippen LogP contribution in [0.3, 0.4) is 0 Å². The van der Waals surface area contributed by atoms with Crippen LogP contribution in [0.4, 0.5) is 5.82 Å². The molecular weight excluding hydrogens is 426 g/mol. The standard InChI is InChI=1S/C25H20ClN3O3/c1-16-23(30)22(18-10-6-13-21(14-18)32-2)24(27-25(31)17-8-4-3-5-9-17)29(28-16)20-12-7-11-19(26)15-20/h3-15H,1-2H3,(H,27,31). The number of benzene rings is 3. The second-order valence-electron chi connectivity index (χ2n) is 7.08. The zero-order chi connectivity index (χ0) is 22.7. The summed E-state index contributed by atoms with van der Waals surface area (Å²) >= 11 is 6.21. The molecule has 0 unspecified atom stereocenters. The molecule has 6 nitrogen and oxygen atoms in total. The van der Waals surface area contributed by atoms with E-state index in [1.54, 1.807) is 86.8 Å². The predicted octanol–water partition coefficient (Wildman–Crippen LogP) is 5.12. The SMILES string of the molecule is COc1cccc(-c2c(NC(=O)c3ccccc3)n(-c3cccc(Cl)c3)nc(C)c2=O)c1. The Morgan fingerprint density at radius 3 is 2.47 bits per heavy atom. The Kier molecular flexibility index (Phi) is 6.05. The zero-order valence-corrected chi connectivity index (χ0v) is 18.3. The maximum atomic E-state index is 13.3. The molecule has 0 fully saturated rings. The quantitative estimate of drug-likeness (QED) is 0.462. The van der Waals surface area contributed by atoms with Crippen LogP contribution in [-0.2, 0) is 0 Å². The third-order valence-corrected chi connectivity index (χ3v) is 5.17. The van der Waals surface area contributed by atoms with Crippen LogP contribution in [0.2, 0.25) is 5.02 Å². The number of ether oxygens (including phenoxy) is 1. The summed E-state index contributed by atoms with van der Waals surface area (Å²) in [6.07, 6.45) is 0. The number of aryl methyl sites for hydroxylation is 1. The topological polar surface area (TPSA) is 73.2 Å². The fraction of sp³-hybridized carbons (Fsp3) is 0.0800. The Labute approximate surface area is 190 Å². The third kappa shape index (κ3) is 4.26. The van der Waals surface area contributed by atoms with Gasteiger partial charge in [-0.25, -0.2) is 4.68 Å². The van der Waals surface area contributed by atoms with Crippen molar-refractivity contribution in [1.29, 1.82) is 0 Å². The number of hydrogen-bond donors (Lipinski definition) is 1. The number of amides is 1. The number of hydrogen-bond acceptors (Lipinski definition) is 4. The first-order valence-electron chi connectivity index (χ1n) is 9.88. The van der Waals surface area contributed by atoms with Gasteiger partial charge in [0.2, 0.25) is 5.43 Å². The fourth-order valence-corrected chi connectivity index (χ4v) is 3.55. The van der Waals surface area contributed by atoms with Crippen molar-refractivity contribution in [2.24, 2.45) is 0 Å². The molecule has 0 bridgehead atoms. The van der Waals surface area contributed by atoms with Gasteiger partial charge in [-0.05, 0) is 55.0 Å². The summed E-state index contributed by atoms with van der Waals surface area (Å²) < 4.78 is 6.86. The summed E-state index contributed by atoms with van der Waals surface area (Å²) in [5.41, 5.74) is 1.95. The first-order chi connectivity index (χ1) is 15.5. The largest absolute Gasteiger partial charge is 0.497 e. The highest BCUT2D eigenvalue weighted by molar-refractivity contribution is 6.30. The number of nitrogens with zero attached hydrogens (tertiary/aromatic N) is 2. The van der Waals surface area contributed by atoms with E-state index < -0.39 is 0 Å². The lowest BCUT2D eigenvalue weighted by Crippen LogP contribution is -2.25. The highest BCUT2D eigenvalue weighted by Crippen LogP contribution is 2.30. The molecule has 3 aromatic carbocycles. The van der Waals surface area contributed by atoms with Crippen LogP contribution in [0.15, 0.2) is 83.7 Å². The van der Waals surface area contributed by atoms with Crippen molar-refractivity contribution in [2.45, 2.75) is 6.92 Å². The second kappa shape index (κ2) is 9.08.